The van der Waals surface area contributed by atoms with Crippen LogP contribution in [0.2, 0.25) is 0 Å². The third-order valence-electron chi connectivity index (χ3n) is 18.1. The van der Waals surface area contributed by atoms with E-state index < -0.39 is 23.0 Å². The predicted octanol–water partition coefficient (Wildman–Crippen LogP) is 9.99. The largest absolute Gasteiger partial charge is 0.448 e. The van der Waals surface area contributed by atoms with Crippen LogP contribution in [0, 0.1) is 10.8 Å². The molecule has 6 amide bonds. The summed E-state index contributed by atoms with van der Waals surface area (Å²) < 4.78 is 35.4. The lowest BCUT2D eigenvalue weighted by molar-refractivity contribution is -0.744. The van der Waals surface area contributed by atoms with Crippen molar-refractivity contribution in [1.29, 1.82) is 0 Å². The Kier molecular flexibility index (Phi) is 34.2. The number of ketones is 2. The number of aromatic amines is 1. The summed E-state index contributed by atoms with van der Waals surface area (Å²) in [5.41, 5.74) is 7.92. The maximum atomic E-state index is 13.8. The number of unbranched alkanes of at least 4 members (excludes halogenated alkanes) is 2. The fraction of sp³-hybridized carbons (Fsp3) is 0.561. The van der Waals surface area contributed by atoms with Gasteiger partial charge < -0.3 is 70.1 Å². The molecule has 4 aromatic carbocycles. The van der Waals surface area contributed by atoms with Gasteiger partial charge in [0.15, 0.2) is 11.6 Å². The van der Waals surface area contributed by atoms with Crippen LogP contribution < -0.4 is 46.4 Å². The number of anilines is 2. The van der Waals surface area contributed by atoms with Gasteiger partial charge in [-0.15, -0.1) is 5.10 Å². The first kappa shape index (κ1) is 87.9. The lowest BCUT2D eigenvalue weighted by Crippen LogP contribution is -2.50. The smallest absolute Gasteiger partial charge is 0.407 e. The molecule has 2 aliphatic heterocycles. The summed E-state index contributed by atoms with van der Waals surface area (Å²) in [6, 6.07) is 30.2. The Labute approximate surface area is 648 Å². The van der Waals surface area contributed by atoms with Crippen molar-refractivity contribution in [3.8, 4) is 45.0 Å². The van der Waals surface area contributed by atoms with Crippen LogP contribution in [0.25, 0.3) is 45.0 Å². The van der Waals surface area contributed by atoms with Gasteiger partial charge in [0.25, 0.3) is 5.69 Å². The zero-order chi connectivity index (χ0) is 80.0. The zero-order valence-electron chi connectivity index (χ0n) is 67.1. The molecule has 2 unspecified atom stereocenters. The maximum Gasteiger partial charge on any atom is 0.407 e. The van der Waals surface area contributed by atoms with E-state index in [4.69, 9.17) is 28.4 Å². The summed E-state index contributed by atoms with van der Waals surface area (Å²) in [6.45, 7) is 29.4. The summed E-state index contributed by atoms with van der Waals surface area (Å²) in [4.78, 5) is 108. The Balaban J connectivity index is 0.000000306. The molecule has 7 N–H and O–H groups in total. The minimum Gasteiger partial charge on any atom is -0.448 e. The predicted molar refractivity (Wildman–Crippen MR) is 421 cm³/mol. The number of methoxy groups -OCH3 is 2. The standard InChI is InChI=1S/2C41H59N7O7/c1-40(2,3)38(51)32(44-41(4,5)6)17-12-13-21-43-39(52)55-25-23-48-37-30-15-9-8-14-29(30)28-47(33-18-11-10-16-31(33)36(37)45-46-48)35(50)20-19-34(49)42-22-24-54-27-26-53-7;1-40(2,3)38(51)32(44-41(4,5)6)17-12-13-21-43-39(52)55-25-23-48-37-31-16-10-11-18-33(31)47(28-29-14-8-9-15-30(29)36(37)45-46-48)35(50)20-19-34(49)42-22-24-54-27-26-53-7/h8-11,14-16,18,32,44H,12-13,17,19-28H2,1-7H3,(H2,42,43,49,52);8-11,14-16,18,32,44H,12-13,17,19-28H2,1-7H3,(H,42,49)(H,43,52)/p+1. The van der Waals surface area contributed by atoms with E-state index in [-0.39, 0.29) is 110 Å². The Morgan fingerprint density at radius 3 is 1.42 bits per heavy atom. The highest BCUT2D eigenvalue weighted by Gasteiger charge is 2.37. The summed E-state index contributed by atoms with van der Waals surface area (Å²) in [5, 5.41) is 35.0. The van der Waals surface area contributed by atoms with Crippen molar-refractivity contribution >= 4 is 58.8 Å². The highest BCUT2D eigenvalue weighted by atomic mass is 16.6. The van der Waals surface area contributed by atoms with Crippen LogP contribution in [0.5, 0.6) is 0 Å². The summed E-state index contributed by atoms with van der Waals surface area (Å²) in [5.74, 6) is -0.462. The molecule has 0 fully saturated rings. The first-order chi connectivity index (χ1) is 52.4. The molecule has 28 heteroatoms. The normalized spacial score (nSPS) is 13.1. The molecule has 0 radical (unpaired) electrons. The van der Waals surface area contributed by atoms with Crippen LogP contribution in [0.4, 0.5) is 21.0 Å². The van der Waals surface area contributed by atoms with Crippen LogP contribution in [0.15, 0.2) is 97.1 Å². The van der Waals surface area contributed by atoms with Crippen molar-refractivity contribution in [2.24, 2.45) is 10.8 Å². The molecule has 6 aromatic rings. The molecule has 8 rings (SSSR count). The number of para-hydroxylation sites is 2. The van der Waals surface area contributed by atoms with Gasteiger partial charge in [-0.05, 0) is 109 Å². The molecule has 2 aromatic heterocycles. The van der Waals surface area contributed by atoms with Crippen LogP contribution in [0.3, 0.4) is 0 Å². The Morgan fingerprint density at radius 1 is 0.482 bits per heavy atom. The Morgan fingerprint density at radius 2 is 0.927 bits per heavy atom. The molecular formula is C82H119N14O14+. The number of amides is 6. The number of carbonyl (C=O) groups is 8. The van der Waals surface area contributed by atoms with Crippen molar-refractivity contribution in [3.63, 3.8) is 0 Å². The lowest BCUT2D eigenvalue weighted by atomic mass is 9.84. The number of nitrogens with zero attached hydrogens (tertiary/aromatic N) is 7. The van der Waals surface area contributed by atoms with Crippen LogP contribution in [-0.4, -0.2) is 189 Å². The van der Waals surface area contributed by atoms with E-state index in [9.17, 15) is 38.4 Å². The minimum atomic E-state index is -0.539. The van der Waals surface area contributed by atoms with Gasteiger partial charge >= 0.3 is 12.2 Å². The van der Waals surface area contributed by atoms with Crippen LogP contribution in [-0.2, 0) is 83.4 Å². The SMILES string of the molecule is COCCOCCNC(=O)CCC(=O)N1Cc2ccccc2-c2c(n[nH][n+]2CCOC(=O)NCCCCC(NC(C)(C)C)C(=O)C(C)(C)C)-c2ccccc21.COCCOCCNC(=O)CCC(=O)N1Cc2ccccc2-c2nnn(CCOC(=O)NCCCCC(NC(C)(C)C)C(=O)C(C)(C)C)c2-c2ccccc21. The van der Waals surface area contributed by atoms with Crippen molar-refractivity contribution in [1.82, 2.24) is 57.2 Å². The quantitative estimate of drug-likeness (QED) is 0.0140. The van der Waals surface area contributed by atoms with E-state index in [2.05, 4.69) is 94.1 Å². The molecule has 4 heterocycles. The maximum absolute atomic E-state index is 13.8. The number of benzene rings is 4. The molecule has 2 aliphatic rings. The molecule has 2 atom stereocenters. The van der Waals surface area contributed by atoms with Gasteiger partial charge in [-0.2, -0.15) is 4.68 Å². The van der Waals surface area contributed by atoms with Crippen molar-refractivity contribution in [2.45, 2.75) is 197 Å². The number of alkyl carbamates (subject to hydrolysis) is 2. The van der Waals surface area contributed by atoms with Gasteiger partial charge in [-0.3, -0.25) is 28.8 Å². The highest BCUT2D eigenvalue weighted by Crippen LogP contribution is 2.43. The third-order valence-corrected chi connectivity index (χ3v) is 18.1. The molecule has 110 heavy (non-hydrogen) atoms. The molecule has 28 nitrogen and oxygen atoms in total. The number of aromatic nitrogens is 6. The summed E-state index contributed by atoms with van der Waals surface area (Å²) in [7, 11) is 3.20. The number of hydrogen-bond acceptors (Lipinski definition) is 19. The van der Waals surface area contributed by atoms with E-state index in [1.807, 2.05) is 143 Å². The van der Waals surface area contributed by atoms with E-state index >= 15 is 0 Å². The van der Waals surface area contributed by atoms with Crippen molar-refractivity contribution < 1.29 is 71.5 Å². The number of nitrogens with one attached hydrogen (secondary N) is 7. The van der Waals surface area contributed by atoms with Gasteiger partial charge in [0.1, 0.15) is 25.5 Å². The Hall–Kier alpha value is -9.32. The third kappa shape index (κ3) is 27.6. The topological polar surface area (TPSA) is 334 Å². The number of rotatable bonds is 38. The van der Waals surface area contributed by atoms with E-state index in [0.29, 0.717) is 133 Å². The van der Waals surface area contributed by atoms with E-state index in [1.54, 1.807) is 28.7 Å². The number of carbonyl (C=O) groups excluding carboxylic acids is 8. The first-order valence-electron chi connectivity index (χ1n) is 38.4. The van der Waals surface area contributed by atoms with Gasteiger partial charge in [-0.25, -0.2) is 14.3 Å². The number of ether oxygens (including phenoxy) is 6. The van der Waals surface area contributed by atoms with Gasteiger partial charge in [-0.1, -0.05) is 131 Å². The lowest BCUT2D eigenvalue weighted by Gasteiger charge is -2.32. The summed E-state index contributed by atoms with van der Waals surface area (Å²) in [6.07, 6.45) is 3.40. The molecule has 0 saturated heterocycles. The molecule has 600 valence electrons. The number of Topliss-reactive ketones (excluding diaryl/α,β-unsaturated/α-hetero) is 2. The van der Waals surface area contributed by atoms with Gasteiger partial charge in [0, 0.05) is 110 Å². The number of fused-ring (bicyclic) bond motifs is 10. The second-order valence-corrected chi connectivity index (χ2v) is 31.5. The van der Waals surface area contributed by atoms with E-state index in [1.165, 1.54) is 0 Å². The van der Waals surface area contributed by atoms with Crippen LogP contribution >= 0.6 is 0 Å². The number of H-pyrrole nitrogens is 1. The van der Waals surface area contributed by atoms with Crippen molar-refractivity contribution in [2.75, 3.05) is 103 Å². The molecular weight excluding hydrogens is 1400 g/mol. The minimum absolute atomic E-state index is 0.0175. The monoisotopic (exact) mass is 1520 g/mol. The molecule has 0 bridgehead atoms. The first-order valence-corrected chi connectivity index (χ1v) is 38.4. The number of hydrogen-bond donors (Lipinski definition) is 7. The molecule has 0 spiro atoms. The van der Waals surface area contributed by atoms with Gasteiger partial charge in [0.2, 0.25) is 29.3 Å². The average molecular weight is 1520 g/mol. The molecule has 0 saturated carbocycles. The fourth-order valence-electron chi connectivity index (χ4n) is 12.8. The van der Waals surface area contributed by atoms with Crippen LogP contribution in [0.1, 0.15) is 158 Å². The average Bonchev–Trinajstić information content (AvgIpc) is 1.54. The van der Waals surface area contributed by atoms with Crippen molar-refractivity contribution in [3.05, 3.63) is 108 Å². The van der Waals surface area contributed by atoms with Gasteiger partial charge in [0.05, 0.1) is 94.0 Å². The summed E-state index contributed by atoms with van der Waals surface area (Å²) >= 11 is 0. The van der Waals surface area contributed by atoms with E-state index in [0.717, 1.165) is 51.9 Å². The molecule has 0 aliphatic carbocycles. The highest BCUT2D eigenvalue weighted by molar-refractivity contribution is 6.02. The zero-order valence-corrected chi connectivity index (χ0v) is 67.1. The Bertz CT molecular complexity index is 4000. The second-order valence-electron chi connectivity index (χ2n) is 31.5. The second kappa shape index (κ2) is 42.8. The fourth-order valence-corrected chi connectivity index (χ4v) is 12.8.